The molecule has 0 amide bonds. The van der Waals surface area contributed by atoms with Gasteiger partial charge >= 0.3 is 0 Å². The van der Waals surface area contributed by atoms with E-state index in [4.69, 9.17) is 5.73 Å². The minimum Gasteiger partial charge on any atom is -0.398 e. The normalized spacial score (nSPS) is 10.3. The molecule has 4 heteroatoms. The highest BCUT2D eigenvalue weighted by molar-refractivity contribution is 5.99. The number of halogens is 1. The van der Waals surface area contributed by atoms with E-state index in [1.165, 1.54) is 19.1 Å². The van der Waals surface area contributed by atoms with E-state index in [0.717, 1.165) is 17.7 Å². The van der Waals surface area contributed by atoms with Crippen molar-refractivity contribution in [2.45, 2.75) is 13.3 Å². The Hall–Kier alpha value is -2.36. The van der Waals surface area contributed by atoms with Crippen molar-refractivity contribution in [3.05, 3.63) is 59.4 Å². The Bertz CT molecular complexity index is 608. The van der Waals surface area contributed by atoms with Crippen molar-refractivity contribution in [3.8, 4) is 0 Å². The molecule has 0 saturated carbocycles. The van der Waals surface area contributed by atoms with Gasteiger partial charge in [0.25, 0.3) is 0 Å². The van der Waals surface area contributed by atoms with Gasteiger partial charge in [-0.3, -0.25) is 4.79 Å². The molecule has 0 aliphatic carbocycles. The third-order valence-electron chi connectivity index (χ3n) is 3.09. The number of anilines is 2. The van der Waals surface area contributed by atoms with Gasteiger partial charge in [-0.15, -0.1) is 0 Å². The van der Waals surface area contributed by atoms with E-state index in [1.807, 2.05) is 6.07 Å². The predicted molar refractivity (Wildman–Crippen MR) is 79.5 cm³/mol. The Morgan fingerprint density at radius 1 is 1.20 bits per heavy atom. The Kier molecular flexibility index (Phi) is 4.35. The lowest BCUT2D eigenvalue weighted by molar-refractivity contribution is 0.101. The Morgan fingerprint density at radius 3 is 2.50 bits per heavy atom. The second kappa shape index (κ2) is 6.19. The van der Waals surface area contributed by atoms with E-state index < -0.39 is 0 Å². The molecule has 0 bridgehead atoms. The standard InChI is InChI=1S/C16H17FN2O/c1-11(20)15-7-6-14(10-16(15)18)19-9-8-12-2-4-13(17)5-3-12/h2-7,10,19H,8-9,18H2,1H3. The van der Waals surface area contributed by atoms with E-state index in [0.29, 0.717) is 17.8 Å². The summed E-state index contributed by atoms with van der Waals surface area (Å²) in [6.45, 7) is 2.21. The summed E-state index contributed by atoms with van der Waals surface area (Å²) in [4.78, 5) is 11.3. The SMILES string of the molecule is CC(=O)c1ccc(NCCc2ccc(F)cc2)cc1N. The minimum absolute atomic E-state index is 0.0413. The molecule has 0 fully saturated rings. The fourth-order valence-electron chi connectivity index (χ4n) is 2.00. The second-order valence-corrected chi connectivity index (χ2v) is 4.66. The molecular weight excluding hydrogens is 255 g/mol. The van der Waals surface area contributed by atoms with Gasteiger partial charge < -0.3 is 11.1 Å². The second-order valence-electron chi connectivity index (χ2n) is 4.66. The van der Waals surface area contributed by atoms with E-state index >= 15 is 0 Å². The molecule has 0 spiro atoms. The molecule has 0 aliphatic rings. The molecule has 0 radical (unpaired) electrons. The van der Waals surface area contributed by atoms with Gasteiger partial charge in [0.2, 0.25) is 0 Å². The highest BCUT2D eigenvalue weighted by Gasteiger charge is 2.05. The first kappa shape index (κ1) is 14.1. The van der Waals surface area contributed by atoms with Crippen molar-refractivity contribution in [1.29, 1.82) is 0 Å². The summed E-state index contributed by atoms with van der Waals surface area (Å²) in [5, 5.41) is 3.23. The van der Waals surface area contributed by atoms with Gasteiger partial charge in [-0.25, -0.2) is 4.39 Å². The molecule has 3 nitrogen and oxygen atoms in total. The Morgan fingerprint density at radius 2 is 1.90 bits per heavy atom. The van der Waals surface area contributed by atoms with Crippen LogP contribution in [0.3, 0.4) is 0 Å². The van der Waals surface area contributed by atoms with Gasteiger partial charge in [0.1, 0.15) is 5.82 Å². The van der Waals surface area contributed by atoms with Gasteiger partial charge in [-0.2, -0.15) is 0 Å². The smallest absolute Gasteiger partial charge is 0.161 e. The maximum absolute atomic E-state index is 12.8. The van der Waals surface area contributed by atoms with Crippen LogP contribution in [0, 0.1) is 5.82 Å². The van der Waals surface area contributed by atoms with Crippen molar-refractivity contribution < 1.29 is 9.18 Å². The Balaban J connectivity index is 1.92. The highest BCUT2D eigenvalue weighted by Crippen LogP contribution is 2.18. The lowest BCUT2D eigenvalue weighted by atomic mass is 10.1. The summed E-state index contributed by atoms with van der Waals surface area (Å²) < 4.78 is 12.8. The predicted octanol–water partition coefficient (Wildman–Crippen LogP) is 3.27. The van der Waals surface area contributed by atoms with Crippen LogP contribution in [0.4, 0.5) is 15.8 Å². The van der Waals surface area contributed by atoms with Crippen LogP contribution in [-0.2, 0) is 6.42 Å². The Labute approximate surface area is 117 Å². The van der Waals surface area contributed by atoms with Crippen LogP contribution in [0.5, 0.6) is 0 Å². The molecule has 2 aromatic carbocycles. The zero-order valence-corrected chi connectivity index (χ0v) is 11.3. The molecule has 0 aliphatic heterocycles. The number of carbonyl (C=O) groups excluding carboxylic acids is 1. The van der Waals surface area contributed by atoms with Crippen LogP contribution in [0.25, 0.3) is 0 Å². The zero-order chi connectivity index (χ0) is 14.5. The molecule has 20 heavy (non-hydrogen) atoms. The van der Waals surface area contributed by atoms with Crippen molar-refractivity contribution in [2.75, 3.05) is 17.6 Å². The fraction of sp³-hybridized carbons (Fsp3) is 0.188. The number of hydrogen-bond donors (Lipinski definition) is 2. The fourth-order valence-corrected chi connectivity index (χ4v) is 2.00. The summed E-state index contributed by atoms with van der Waals surface area (Å²) in [6.07, 6.45) is 0.786. The molecule has 0 heterocycles. The summed E-state index contributed by atoms with van der Waals surface area (Å²) in [5.74, 6) is -0.269. The number of nitrogens with one attached hydrogen (secondary N) is 1. The summed E-state index contributed by atoms with van der Waals surface area (Å²) in [7, 11) is 0. The molecular formula is C16H17FN2O. The van der Waals surface area contributed by atoms with Gasteiger partial charge in [0.15, 0.2) is 5.78 Å². The average Bonchev–Trinajstić information content (AvgIpc) is 2.41. The average molecular weight is 272 g/mol. The lowest BCUT2D eigenvalue weighted by Crippen LogP contribution is -2.06. The molecule has 0 aromatic heterocycles. The lowest BCUT2D eigenvalue weighted by Gasteiger charge is -2.09. The maximum atomic E-state index is 12.8. The molecule has 2 rings (SSSR count). The molecule has 0 atom stereocenters. The first-order valence-electron chi connectivity index (χ1n) is 6.45. The number of Topliss-reactive ketones (excluding diaryl/α,β-unsaturated/α-hetero) is 1. The quantitative estimate of drug-likeness (QED) is 0.649. The topological polar surface area (TPSA) is 55.1 Å². The zero-order valence-electron chi connectivity index (χ0n) is 11.3. The van der Waals surface area contributed by atoms with Crippen molar-refractivity contribution in [3.63, 3.8) is 0 Å². The van der Waals surface area contributed by atoms with Crippen LogP contribution < -0.4 is 11.1 Å². The largest absolute Gasteiger partial charge is 0.398 e. The van der Waals surface area contributed by atoms with Crippen LogP contribution in [0.1, 0.15) is 22.8 Å². The third-order valence-corrected chi connectivity index (χ3v) is 3.09. The van der Waals surface area contributed by atoms with E-state index in [-0.39, 0.29) is 11.6 Å². The van der Waals surface area contributed by atoms with Crippen LogP contribution in [-0.4, -0.2) is 12.3 Å². The van der Waals surface area contributed by atoms with E-state index in [2.05, 4.69) is 5.32 Å². The summed E-state index contributed by atoms with van der Waals surface area (Å²) in [6, 6.07) is 11.7. The number of ketones is 1. The van der Waals surface area contributed by atoms with Crippen molar-refractivity contribution >= 4 is 17.2 Å². The number of hydrogen-bond acceptors (Lipinski definition) is 3. The van der Waals surface area contributed by atoms with Gasteiger partial charge in [-0.05, 0) is 49.2 Å². The number of benzene rings is 2. The first-order valence-corrected chi connectivity index (χ1v) is 6.45. The van der Waals surface area contributed by atoms with E-state index in [9.17, 15) is 9.18 Å². The molecule has 0 unspecified atom stereocenters. The van der Waals surface area contributed by atoms with Gasteiger partial charge in [0, 0.05) is 23.5 Å². The molecule has 2 aromatic rings. The van der Waals surface area contributed by atoms with Gasteiger partial charge in [0.05, 0.1) is 0 Å². The number of nitrogen functional groups attached to an aromatic ring is 1. The third kappa shape index (κ3) is 3.57. The minimum atomic E-state index is -0.227. The van der Waals surface area contributed by atoms with Crippen molar-refractivity contribution in [1.82, 2.24) is 0 Å². The summed E-state index contributed by atoms with van der Waals surface area (Å²) in [5.41, 5.74) is 8.76. The first-order chi connectivity index (χ1) is 9.56. The van der Waals surface area contributed by atoms with Crippen LogP contribution >= 0.6 is 0 Å². The van der Waals surface area contributed by atoms with Crippen LogP contribution in [0.2, 0.25) is 0 Å². The number of rotatable bonds is 5. The number of carbonyl (C=O) groups is 1. The van der Waals surface area contributed by atoms with Gasteiger partial charge in [-0.1, -0.05) is 12.1 Å². The summed E-state index contributed by atoms with van der Waals surface area (Å²) >= 11 is 0. The molecule has 0 saturated heterocycles. The monoisotopic (exact) mass is 272 g/mol. The molecule has 3 N–H and O–H groups in total. The molecule has 104 valence electrons. The van der Waals surface area contributed by atoms with Crippen molar-refractivity contribution in [2.24, 2.45) is 0 Å². The van der Waals surface area contributed by atoms with Crippen LogP contribution in [0.15, 0.2) is 42.5 Å². The highest BCUT2D eigenvalue weighted by atomic mass is 19.1. The van der Waals surface area contributed by atoms with E-state index in [1.54, 1.807) is 24.3 Å². The number of nitrogens with two attached hydrogens (primary N) is 1. The maximum Gasteiger partial charge on any atom is 0.161 e.